The van der Waals surface area contributed by atoms with E-state index in [1.807, 2.05) is 24.8 Å². The zero-order valence-electron chi connectivity index (χ0n) is 12.9. The number of hydrogen-bond acceptors (Lipinski definition) is 2. The van der Waals surface area contributed by atoms with E-state index in [9.17, 15) is 9.18 Å². The minimum Gasteiger partial charge on any atom is -0.342 e. The highest BCUT2D eigenvalue weighted by atomic mass is 19.1. The van der Waals surface area contributed by atoms with Crippen molar-refractivity contribution in [3.05, 3.63) is 35.6 Å². The van der Waals surface area contributed by atoms with Crippen LogP contribution < -0.4 is 5.73 Å². The van der Waals surface area contributed by atoms with Crippen LogP contribution in [0, 0.1) is 11.7 Å². The molecule has 4 heteroatoms. The molecule has 3 unspecified atom stereocenters. The van der Waals surface area contributed by atoms with Crippen molar-refractivity contribution in [3.63, 3.8) is 0 Å². The first-order valence-electron chi connectivity index (χ1n) is 7.76. The van der Waals surface area contributed by atoms with Crippen LogP contribution in [0.5, 0.6) is 0 Å². The van der Waals surface area contributed by atoms with E-state index in [4.69, 9.17) is 5.73 Å². The quantitative estimate of drug-likeness (QED) is 0.927. The van der Waals surface area contributed by atoms with E-state index in [0.29, 0.717) is 12.3 Å². The number of nitrogens with two attached hydrogens (primary N) is 1. The van der Waals surface area contributed by atoms with E-state index in [1.54, 1.807) is 6.07 Å². The van der Waals surface area contributed by atoms with Crippen molar-refractivity contribution in [2.75, 3.05) is 13.1 Å². The zero-order valence-corrected chi connectivity index (χ0v) is 12.9. The molecule has 1 aromatic rings. The maximum Gasteiger partial charge on any atom is 0.223 e. The van der Waals surface area contributed by atoms with Crippen LogP contribution in [-0.2, 0) is 4.79 Å². The highest BCUT2D eigenvalue weighted by Gasteiger charge is 2.26. The Morgan fingerprint density at radius 2 is 2.24 bits per heavy atom. The van der Waals surface area contributed by atoms with Crippen LogP contribution >= 0.6 is 0 Å². The highest BCUT2D eigenvalue weighted by Crippen LogP contribution is 2.24. The summed E-state index contributed by atoms with van der Waals surface area (Å²) in [5.41, 5.74) is 6.84. The molecule has 1 aliphatic rings. The topological polar surface area (TPSA) is 46.3 Å². The Labute approximate surface area is 126 Å². The molecule has 1 fully saturated rings. The summed E-state index contributed by atoms with van der Waals surface area (Å²) in [4.78, 5) is 14.4. The number of halogens is 1. The van der Waals surface area contributed by atoms with Crippen LogP contribution in [0.1, 0.15) is 44.6 Å². The van der Waals surface area contributed by atoms with Crippen molar-refractivity contribution in [2.24, 2.45) is 11.7 Å². The number of likely N-dealkylation sites (tertiary alicyclic amines) is 1. The van der Waals surface area contributed by atoms with Crippen LogP contribution in [-0.4, -0.2) is 29.9 Å². The van der Waals surface area contributed by atoms with Crippen molar-refractivity contribution < 1.29 is 9.18 Å². The van der Waals surface area contributed by atoms with Crippen molar-refractivity contribution in [3.8, 4) is 0 Å². The lowest BCUT2D eigenvalue weighted by atomic mass is 9.91. The third-order valence-electron chi connectivity index (χ3n) is 4.45. The number of nitrogens with zero attached hydrogens (tertiary/aromatic N) is 1. The molecule has 0 aromatic heterocycles. The molecule has 0 saturated carbocycles. The number of benzene rings is 1. The molecule has 1 aliphatic heterocycles. The summed E-state index contributed by atoms with van der Waals surface area (Å²) in [6, 6.07) is 6.64. The first-order chi connectivity index (χ1) is 9.97. The Kier molecular flexibility index (Phi) is 5.34. The number of amides is 1. The van der Waals surface area contributed by atoms with Gasteiger partial charge in [-0.3, -0.25) is 4.79 Å². The van der Waals surface area contributed by atoms with E-state index in [2.05, 4.69) is 0 Å². The van der Waals surface area contributed by atoms with Gasteiger partial charge in [-0.2, -0.15) is 0 Å². The molecule has 1 amide bonds. The van der Waals surface area contributed by atoms with Crippen LogP contribution in [0.3, 0.4) is 0 Å². The largest absolute Gasteiger partial charge is 0.342 e. The van der Waals surface area contributed by atoms with Gasteiger partial charge in [-0.15, -0.1) is 0 Å². The van der Waals surface area contributed by atoms with Crippen LogP contribution in [0.15, 0.2) is 24.3 Å². The molecule has 0 aliphatic carbocycles. The van der Waals surface area contributed by atoms with E-state index < -0.39 is 0 Å². The molecule has 1 heterocycles. The summed E-state index contributed by atoms with van der Waals surface area (Å²) in [7, 11) is 0. The van der Waals surface area contributed by atoms with Gasteiger partial charge in [-0.05, 0) is 49.3 Å². The number of piperidine rings is 1. The van der Waals surface area contributed by atoms with E-state index in [-0.39, 0.29) is 23.7 Å². The van der Waals surface area contributed by atoms with Gasteiger partial charge in [0, 0.05) is 25.6 Å². The molecule has 3 nitrogen and oxygen atoms in total. The SMILES string of the molecule is CC(CC(=O)N1CCCC(C(C)N)C1)c1cccc(F)c1. The molecule has 2 rings (SSSR count). The van der Waals surface area contributed by atoms with E-state index in [0.717, 1.165) is 31.5 Å². The van der Waals surface area contributed by atoms with Gasteiger partial charge in [0.25, 0.3) is 0 Å². The molecular weight excluding hydrogens is 267 g/mol. The average molecular weight is 292 g/mol. The third-order valence-corrected chi connectivity index (χ3v) is 4.45. The van der Waals surface area contributed by atoms with E-state index >= 15 is 0 Å². The summed E-state index contributed by atoms with van der Waals surface area (Å²) in [6.45, 7) is 5.55. The molecular formula is C17H25FN2O. The van der Waals surface area contributed by atoms with Gasteiger partial charge in [0.15, 0.2) is 0 Å². The molecule has 116 valence electrons. The Morgan fingerprint density at radius 3 is 2.90 bits per heavy atom. The summed E-state index contributed by atoms with van der Waals surface area (Å²) >= 11 is 0. The standard InChI is InChI=1S/C17H25FN2O/c1-12(14-5-3-7-16(18)10-14)9-17(21)20-8-4-6-15(11-20)13(2)19/h3,5,7,10,12-13,15H,4,6,8-9,11,19H2,1-2H3. The molecule has 21 heavy (non-hydrogen) atoms. The maximum absolute atomic E-state index is 13.3. The van der Waals surface area contributed by atoms with Crippen molar-refractivity contribution in [1.29, 1.82) is 0 Å². The number of hydrogen-bond donors (Lipinski definition) is 1. The lowest BCUT2D eigenvalue weighted by molar-refractivity contribution is -0.133. The smallest absolute Gasteiger partial charge is 0.223 e. The molecule has 2 N–H and O–H groups in total. The fourth-order valence-corrected chi connectivity index (χ4v) is 2.99. The van der Waals surface area contributed by atoms with Gasteiger partial charge in [0.05, 0.1) is 0 Å². The van der Waals surface area contributed by atoms with Gasteiger partial charge in [-0.1, -0.05) is 19.1 Å². The third kappa shape index (κ3) is 4.27. The monoisotopic (exact) mass is 292 g/mol. The molecule has 0 bridgehead atoms. The second-order valence-corrected chi connectivity index (χ2v) is 6.26. The molecule has 0 radical (unpaired) electrons. The average Bonchev–Trinajstić information content (AvgIpc) is 2.47. The Bertz CT molecular complexity index is 489. The Hall–Kier alpha value is -1.42. The second kappa shape index (κ2) is 7.03. The molecule has 1 saturated heterocycles. The fourth-order valence-electron chi connectivity index (χ4n) is 2.99. The van der Waals surface area contributed by atoms with Gasteiger partial charge >= 0.3 is 0 Å². The number of carbonyl (C=O) groups is 1. The summed E-state index contributed by atoms with van der Waals surface area (Å²) in [6.07, 6.45) is 2.54. The van der Waals surface area contributed by atoms with Crippen LogP contribution in [0.25, 0.3) is 0 Å². The van der Waals surface area contributed by atoms with Crippen molar-refractivity contribution in [2.45, 2.75) is 45.1 Å². The van der Waals surface area contributed by atoms with Gasteiger partial charge in [-0.25, -0.2) is 4.39 Å². The van der Waals surface area contributed by atoms with Gasteiger partial charge < -0.3 is 10.6 Å². The zero-order chi connectivity index (χ0) is 15.4. The van der Waals surface area contributed by atoms with Crippen molar-refractivity contribution in [1.82, 2.24) is 4.90 Å². The second-order valence-electron chi connectivity index (χ2n) is 6.26. The number of carbonyl (C=O) groups excluding carboxylic acids is 1. The first-order valence-corrected chi connectivity index (χ1v) is 7.76. The normalized spacial score (nSPS) is 21.9. The minimum atomic E-state index is -0.248. The Morgan fingerprint density at radius 1 is 1.48 bits per heavy atom. The summed E-state index contributed by atoms with van der Waals surface area (Å²) in [5, 5.41) is 0. The summed E-state index contributed by atoms with van der Waals surface area (Å²) in [5.74, 6) is 0.329. The minimum absolute atomic E-state index is 0.0314. The lowest BCUT2D eigenvalue weighted by Crippen LogP contribution is -2.45. The molecule has 3 atom stereocenters. The predicted octanol–water partition coefficient (Wildman–Crippen LogP) is 2.91. The molecule has 0 spiro atoms. The van der Waals surface area contributed by atoms with Gasteiger partial charge in [0.1, 0.15) is 5.82 Å². The first kappa shape index (κ1) is 16.0. The summed E-state index contributed by atoms with van der Waals surface area (Å²) < 4.78 is 13.3. The van der Waals surface area contributed by atoms with E-state index in [1.165, 1.54) is 12.1 Å². The fraction of sp³-hybridized carbons (Fsp3) is 0.588. The highest BCUT2D eigenvalue weighted by molar-refractivity contribution is 5.77. The molecule has 1 aromatic carbocycles. The van der Waals surface area contributed by atoms with Crippen LogP contribution in [0.2, 0.25) is 0 Å². The van der Waals surface area contributed by atoms with Crippen LogP contribution in [0.4, 0.5) is 4.39 Å². The maximum atomic E-state index is 13.3. The predicted molar refractivity (Wildman–Crippen MR) is 82.4 cm³/mol. The lowest BCUT2D eigenvalue weighted by Gasteiger charge is -2.35. The number of rotatable bonds is 4. The van der Waals surface area contributed by atoms with Gasteiger partial charge in [0.2, 0.25) is 5.91 Å². The van der Waals surface area contributed by atoms with Crippen molar-refractivity contribution >= 4 is 5.91 Å². The Balaban J connectivity index is 1.94.